The van der Waals surface area contributed by atoms with E-state index in [1.807, 2.05) is 11.7 Å². The summed E-state index contributed by atoms with van der Waals surface area (Å²) < 4.78 is 17.9. The summed E-state index contributed by atoms with van der Waals surface area (Å²) >= 11 is 0. The lowest BCUT2D eigenvalue weighted by Crippen LogP contribution is -2.26. The number of nitrogens with one attached hydrogen (secondary N) is 1. The normalized spacial score (nSPS) is 12.9. The number of likely N-dealkylation sites (N-methyl/N-ethyl adjacent to an activating group) is 1. The van der Waals surface area contributed by atoms with Gasteiger partial charge in [-0.3, -0.25) is 4.68 Å². The molecule has 0 amide bonds. The van der Waals surface area contributed by atoms with Crippen LogP contribution in [0.1, 0.15) is 31.6 Å². The first-order valence-corrected chi connectivity index (χ1v) is 6.51. The second-order valence-electron chi connectivity index (χ2n) is 4.55. The van der Waals surface area contributed by atoms with Gasteiger partial charge in [0.2, 0.25) is 0 Å². The number of nitrogens with zero attached hydrogens (tertiary/aromatic N) is 2. The van der Waals surface area contributed by atoms with Gasteiger partial charge in [0.1, 0.15) is 0 Å². The minimum absolute atomic E-state index is 0.0386. The molecule has 0 spiro atoms. The molecule has 1 atom stereocenters. The Labute approximate surface area is 115 Å². The van der Waals surface area contributed by atoms with Crippen LogP contribution in [0.25, 0.3) is 0 Å². The molecule has 1 rings (SSSR count). The van der Waals surface area contributed by atoms with Crippen LogP contribution in [-0.2, 0) is 9.47 Å². The minimum atomic E-state index is 0.0386. The van der Waals surface area contributed by atoms with E-state index < -0.39 is 0 Å². The van der Waals surface area contributed by atoms with Crippen molar-refractivity contribution >= 4 is 0 Å². The quantitative estimate of drug-likeness (QED) is 0.688. The molecular formula is C13H25N3O3. The Balaban J connectivity index is 2.80. The maximum absolute atomic E-state index is 5.60. The summed E-state index contributed by atoms with van der Waals surface area (Å²) in [5.41, 5.74) is 1.01. The van der Waals surface area contributed by atoms with Crippen molar-refractivity contribution < 1.29 is 14.2 Å². The van der Waals surface area contributed by atoms with Crippen molar-refractivity contribution in [3.8, 4) is 5.75 Å². The highest BCUT2D eigenvalue weighted by Crippen LogP contribution is 2.27. The number of hydrogen-bond acceptors (Lipinski definition) is 5. The van der Waals surface area contributed by atoms with Crippen LogP contribution in [0.15, 0.2) is 6.20 Å². The van der Waals surface area contributed by atoms with Crippen LogP contribution in [0.5, 0.6) is 5.75 Å². The minimum Gasteiger partial charge on any atom is -0.493 e. The Morgan fingerprint density at radius 3 is 2.58 bits per heavy atom. The summed E-state index contributed by atoms with van der Waals surface area (Å²) in [5.74, 6) is 0.781. The largest absolute Gasteiger partial charge is 0.493 e. The molecule has 1 heterocycles. The summed E-state index contributed by atoms with van der Waals surface area (Å²) in [7, 11) is 5.22. The van der Waals surface area contributed by atoms with Crippen LogP contribution < -0.4 is 10.1 Å². The van der Waals surface area contributed by atoms with Gasteiger partial charge in [0.15, 0.2) is 5.75 Å². The van der Waals surface area contributed by atoms with Crippen molar-refractivity contribution in [2.45, 2.75) is 25.9 Å². The predicted octanol–water partition coefficient (Wildman–Crippen LogP) is 1.40. The van der Waals surface area contributed by atoms with Crippen LogP contribution >= 0.6 is 0 Å². The summed E-state index contributed by atoms with van der Waals surface area (Å²) in [6.45, 7) is 5.90. The molecule has 1 unspecified atom stereocenters. The average molecular weight is 271 g/mol. The number of hydrogen-bond donors (Lipinski definition) is 1. The first kappa shape index (κ1) is 15.9. The fourth-order valence-electron chi connectivity index (χ4n) is 1.90. The van der Waals surface area contributed by atoms with Gasteiger partial charge < -0.3 is 19.5 Å². The molecule has 6 nitrogen and oxygen atoms in total. The van der Waals surface area contributed by atoms with Gasteiger partial charge in [-0.05, 0) is 20.9 Å². The lowest BCUT2D eigenvalue weighted by molar-refractivity contribution is 0.0579. The lowest BCUT2D eigenvalue weighted by atomic mass is 10.2. The zero-order chi connectivity index (χ0) is 14.3. The molecule has 110 valence electrons. The molecule has 1 aromatic rings. The van der Waals surface area contributed by atoms with E-state index in [1.165, 1.54) is 0 Å². The Bertz CT molecular complexity index is 366. The molecule has 19 heavy (non-hydrogen) atoms. The van der Waals surface area contributed by atoms with Gasteiger partial charge in [0.05, 0.1) is 44.9 Å². The molecular weight excluding hydrogens is 246 g/mol. The van der Waals surface area contributed by atoms with Crippen LogP contribution in [0.4, 0.5) is 0 Å². The zero-order valence-electron chi connectivity index (χ0n) is 12.5. The van der Waals surface area contributed by atoms with E-state index in [1.54, 1.807) is 20.4 Å². The highest BCUT2D eigenvalue weighted by molar-refractivity contribution is 5.28. The summed E-state index contributed by atoms with van der Waals surface area (Å²) in [6.07, 6.45) is 1.74. The zero-order valence-corrected chi connectivity index (χ0v) is 12.5. The maximum atomic E-state index is 5.60. The molecule has 6 heteroatoms. The van der Waals surface area contributed by atoms with Gasteiger partial charge in [-0.15, -0.1) is 0 Å². The molecule has 0 aromatic carbocycles. The Hall–Kier alpha value is -1.11. The standard InChI is InChI=1S/C13H25N3O3/c1-10(2)16-13(12(18-5)8-15-16)11(14-3)9-19-7-6-17-4/h8,10-11,14H,6-7,9H2,1-5H3. The second kappa shape index (κ2) is 8.14. The monoisotopic (exact) mass is 271 g/mol. The van der Waals surface area contributed by atoms with E-state index >= 15 is 0 Å². The lowest BCUT2D eigenvalue weighted by Gasteiger charge is -2.21. The number of aromatic nitrogens is 2. The number of ether oxygens (including phenoxy) is 3. The molecule has 0 radical (unpaired) electrons. The summed E-state index contributed by atoms with van der Waals surface area (Å²) in [6, 6.07) is 0.311. The Morgan fingerprint density at radius 1 is 1.32 bits per heavy atom. The van der Waals surface area contributed by atoms with Crippen molar-refractivity contribution in [2.24, 2.45) is 0 Å². The van der Waals surface area contributed by atoms with Crippen LogP contribution in [-0.4, -0.2) is 50.9 Å². The molecule has 0 saturated carbocycles. The van der Waals surface area contributed by atoms with Crippen molar-refractivity contribution in [1.82, 2.24) is 15.1 Å². The second-order valence-corrected chi connectivity index (χ2v) is 4.55. The van der Waals surface area contributed by atoms with E-state index in [9.17, 15) is 0 Å². The van der Waals surface area contributed by atoms with Gasteiger partial charge in [0, 0.05) is 13.2 Å². The smallest absolute Gasteiger partial charge is 0.161 e. The van der Waals surface area contributed by atoms with Crippen molar-refractivity contribution in [2.75, 3.05) is 41.1 Å². The highest BCUT2D eigenvalue weighted by Gasteiger charge is 2.22. The number of rotatable bonds is 9. The molecule has 0 aliphatic rings. The van der Waals surface area contributed by atoms with E-state index in [4.69, 9.17) is 14.2 Å². The Kier molecular flexibility index (Phi) is 6.83. The first-order chi connectivity index (χ1) is 9.15. The molecule has 0 aliphatic heterocycles. The van der Waals surface area contributed by atoms with Crippen molar-refractivity contribution in [1.29, 1.82) is 0 Å². The fraction of sp³-hybridized carbons (Fsp3) is 0.769. The van der Waals surface area contributed by atoms with E-state index in [-0.39, 0.29) is 12.1 Å². The third kappa shape index (κ3) is 4.19. The molecule has 0 fully saturated rings. The van der Waals surface area contributed by atoms with Gasteiger partial charge in [-0.1, -0.05) is 0 Å². The third-order valence-electron chi connectivity index (χ3n) is 2.90. The fourth-order valence-corrected chi connectivity index (χ4v) is 1.90. The number of methoxy groups -OCH3 is 2. The van der Waals surface area contributed by atoms with Crippen molar-refractivity contribution in [3.05, 3.63) is 11.9 Å². The Morgan fingerprint density at radius 2 is 2.05 bits per heavy atom. The molecule has 0 saturated heterocycles. The SMILES string of the molecule is CNC(COCCOC)c1c(OC)cnn1C(C)C. The molecule has 1 N–H and O–H groups in total. The van der Waals surface area contributed by atoms with Gasteiger partial charge >= 0.3 is 0 Å². The van der Waals surface area contributed by atoms with Gasteiger partial charge in [-0.2, -0.15) is 5.10 Å². The van der Waals surface area contributed by atoms with E-state index in [2.05, 4.69) is 24.3 Å². The van der Waals surface area contributed by atoms with Crippen LogP contribution in [0.3, 0.4) is 0 Å². The van der Waals surface area contributed by atoms with Crippen LogP contribution in [0.2, 0.25) is 0 Å². The molecule has 0 bridgehead atoms. The van der Waals surface area contributed by atoms with Crippen molar-refractivity contribution in [3.63, 3.8) is 0 Å². The maximum Gasteiger partial charge on any atom is 0.161 e. The highest BCUT2D eigenvalue weighted by atomic mass is 16.5. The van der Waals surface area contributed by atoms with E-state index in [0.29, 0.717) is 19.8 Å². The third-order valence-corrected chi connectivity index (χ3v) is 2.90. The predicted molar refractivity (Wildman–Crippen MR) is 73.7 cm³/mol. The van der Waals surface area contributed by atoms with E-state index in [0.717, 1.165) is 11.4 Å². The molecule has 0 aliphatic carbocycles. The molecule has 1 aromatic heterocycles. The summed E-state index contributed by atoms with van der Waals surface area (Å²) in [5, 5.41) is 7.62. The summed E-state index contributed by atoms with van der Waals surface area (Å²) in [4.78, 5) is 0. The first-order valence-electron chi connectivity index (χ1n) is 6.51. The van der Waals surface area contributed by atoms with Gasteiger partial charge in [-0.25, -0.2) is 0 Å². The topological polar surface area (TPSA) is 57.5 Å². The van der Waals surface area contributed by atoms with Gasteiger partial charge in [0.25, 0.3) is 0 Å². The average Bonchev–Trinajstić information content (AvgIpc) is 2.83. The van der Waals surface area contributed by atoms with Crippen LogP contribution in [0, 0.1) is 0 Å².